The maximum absolute atomic E-state index is 12.1. The van der Waals surface area contributed by atoms with Gasteiger partial charge in [0.1, 0.15) is 12.4 Å². The highest BCUT2D eigenvalue weighted by Gasteiger charge is 2.20. The average molecular weight is 348 g/mol. The fourth-order valence-corrected chi connectivity index (χ4v) is 3.08. The smallest absolute Gasteiger partial charge is 0.411 e. The van der Waals surface area contributed by atoms with E-state index in [0.717, 1.165) is 19.4 Å². The maximum Gasteiger partial charge on any atom is 0.411 e. The number of carbonyl (C=O) groups is 1. The Morgan fingerprint density at radius 1 is 1.24 bits per heavy atom. The van der Waals surface area contributed by atoms with E-state index in [1.54, 1.807) is 0 Å². The molecule has 140 valence electrons. The molecule has 0 spiro atoms. The molecule has 0 bridgehead atoms. The zero-order chi connectivity index (χ0) is 17.9. The van der Waals surface area contributed by atoms with Gasteiger partial charge in [-0.1, -0.05) is 44.7 Å². The van der Waals surface area contributed by atoms with Crippen LogP contribution in [-0.4, -0.2) is 43.8 Å². The highest BCUT2D eigenvalue weighted by molar-refractivity contribution is 5.86. The SMILES string of the molecule is CCCCCCOc1ccccc1NC(=O)OC[C@H]1CCCCN1C. The van der Waals surface area contributed by atoms with Gasteiger partial charge in [-0.05, 0) is 45.0 Å². The van der Waals surface area contributed by atoms with Gasteiger partial charge >= 0.3 is 6.09 Å². The van der Waals surface area contributed by atoms with Crippen LogP contribution in [0.3, 0.4) is 0 Å². The average Bonchev–Trinajstić information content (AvgIpc) is 2.62. The largest absolute Gasteiger partial charge is 0.491 e. The summed E-state index contributed by atoms with van der Waals surface area (Å²) in [6.45, 7) is 4.37. The number of rotatable bonds is 9. The molecule has 5 nitrogen and oxygen atoms in total. The molecule has 1 N–H and O–H groups in total. The van der Waals surface area contributed by atoms with Crippen molar-refractivity contribution in [1.82, 2.24) is 4.90 Å². The summed E-state index contributed by atoms with van der Waals surface area (Å²) in [6.07, 6.45) is 7.73. The minimum atomic E-state index is -0.416. The van der Waals surface area contributed by atoms with E-state index in [2.05, 4.69) is 24.2 Å². The Kier molecular flexibility index (Phi) is 8.60. The molecule has 25 heavy (non-hydrogen) atoms. The molecule has 1 aliphatic heterocycles. The van der Waals surface area contributed by atoms with Gasteiger partial charge in [0.2, 0.25) is 0 Å². The molecule has 5 heteroatoms. The fraction of sp³-hybridized carbons (Fsp3) is 0.650. The van der Waals surface area contributed by atoms with Gasteiger partial charge in [-0.3, -0.25) is 5.32 Å². The predicted octanol–water partition coefficient (Wildman–Crippen LogP) is 4.68. The lowest BCUT2D eigenvalue weighted by molar-refractivity contribution is 0.0907. The van der Waals surface area contributed by atoms with Crippen LogP contribution in [0.4, 0.5) is 10.5 Å². The van der Waals surface area contributed by atoms with Crippen molar-refractivity contribution in [2.75, 3.05) is 32.1 Å². The Labute approximate surface area is 151 Å². The minimum Gasteiger partial charge on any atom is -0.491 e. The third kappa shape index (κ3) is 6.94. The van der Waals surface area contributed by atoms with Crippen molar-refractivity contribution in [2.45, 2.75) is 57.9 Å². The van der Waals surface area contributed by atoms with Crippen LogP contribution < -0.4 is 10.1 Å². The summed E-state index contributed by atoms with van der Waals surface area (Å²) in [6, 6.07) is 7.84. The number of unbranched alkanes of at least 4 members (excludes halogenated alkanes) is 3. The van der Waals surface area contributed by atoms with Crippen molar-refractivity contribution < 1.29 is 14.3 Å². The fourth-order valence-electron chi connectivity index (χ4n) is 3.08. The van der Waals surface area contributed by atoms with Crippen molar-refractivity contribution >= 4 is 11.8 Å². The summed E-state index contributed by atoms with van der Waals surface area (Å²) < 4.78 is 11.2. The molecular weight excluding hydrogens is 316 g/mol. The molecule has 1 fully saturated rings. The summed E-state index contributed by atoms with van der Waals surface area (Å²) in [5.41, 5.74) is 0.667. The molecule has 0 radical (unpaired) electrons. The highest BCUT2D eigenvalue weighted by atomic mass is 16.5. The monoisotopic (exact) mass is 348 g/mol. The van der Waals surface area contributed by atoms with Crippen LogP contribution in [0.2, 0.25) is 0 Å². The lowest BCUT2D eigenvalue weighted by Gasteiger charge is -2.31. The Bertz CT molecular complexity index is 521. The zero-order valence-corrected chi connectivity index (χ0v) is 15.6. The number of nitrogens with zero attached hydrogens (tertiary/aromatic N) is 1. The number of para-hydroxylation sites is 2. The van der Waals surface area contributed by atoms with Crippen molar-refractivity contribution in [3.63, 3.8) is 0 Å². The van der Waals surface area contributed by atoms with E-state index in [4.69, 9.17) is 9.47 Å². The molecule has 1 aliphatic rings. The van der Waals surface area contributed by atoms with Crippen LogP contribution >= 0.6 is 0 Å². The molecule has 0 aromatic heterocycles. The van der Waals surface area contributed by atoms with Crippen LogP contribution in [0.25, 0.3) is 0 Å². The van der Waals surface area contributed by atoms with Gasteiger partial charge in [0.05, 0.1) is 12.3 Å². The van der Waals surface area contributed by atoms with E-state index in [0.29, 0.717) is 30.7 Å². The van der Waals surface area contributed by atoms with E-state index >= 15 is 0 Å². The summed E-state index contributed by atoms with van der Waals surface area (Å²) >= 11 is 0. The Morgan fingerprint density at radius 3 is 2.88 bits per heavy atom. The van der Waals surface area contributed by atoms with E-state index in [9.17, 15) is 4.79 Å². The molecular formula is C20H32N2O3. The Balaban J connectivity index is 1.77. The van der Waals surface area contributed by atoms with Gasteiger partial charge in [0, 0.05) is 6.04 Å². The second-order valence-corrected chi connectivity index (χ2v) is 6.76. The van der Waals surface area contributed by atoms with E-state index in [1.807, 2.05) is 24.3 Å². The molecule has 1 atom stereocenters. The van der Waals surface area contributed by atoms with E-state index in [-0.39, 0.29) is 0 Å². The summed E-state index contributed by atoms with van der Waals surface area (Å²) in [7, 11) is 2.09. The van der Waals surface area contributed by atoms with Gasteiger partial charge in [-0.15, -0.1) is 0 Å². The third-order valence-electron chi connectivity index (χ3n) is 4.71. The van der Waals surface area contributed by atoms with Crippen LogP contribution in [0.5, 0.6) is 5.75 Å². The number of carbonyl (C=O) groups excluding carboxylic acids is 1. The first-order valence-corrected chi connectivity index (χ1v) is 9.56. The van der Waals surface area contributed by atoms with Crippen molar-refractivity contribution in [3.05, 3.63) is 24.3 Å². The molecule has 1 aromatic carbocycles. The number of hydrogen-bond acceptors (Lipinski definition) is 4. The summed E-state index contributed by atoms with van der Waals surface area (Å²) in [5.74, 6) is 0.700. The minimum absolute atomic E-state index is 0.324. The topological polar surface area (TPSA) is 50.8 Å². The number of benzene rings is 1. The first kappa shape index (κ1) is 19.6. The molecule has 1 amide bonds. The van der Waals surface area contributed by atoms with Crippen LogP contribution in [0.15, 0.2) is 24.3 Å². The van der Waals surface area contributed by atoms with Crippen molar-refractivity contribution in [1.29, 1.82) is 0 Å². The van der Waals surface area contributed by atoms with Gasteiger partial charge in [-0.2, -0.15) is 0 Å². The molecule has 1 aromatic rings. The molecule has 0 saturated carbocycles. The van der Waals surface area contributed by atoms with Gasteiger partial charge < -0.3 is 14.4 Å². The number of anilines is 1. The van der Waals surface area contributed by atoms with E-state index in [1.165, 1.54) is 32.1 Å². The number of amides is 1. The van der Waals surface area contributed by atoms with E-state index < -0.39 is 6.09 Å². The maximum atomic E-state index is 12.1. The molecule has 0 aliphatic carbocycles. The van der Waals surface area contributed by atoms with Crippen LogP contribution in [-0.2, 0) is 4.74 Å². The number of likely N-dealkylation sites (tertiary alicyclic amines) is 1. The lowest BCUT2D eigenvalue weighted by atomic mass is 10.0. The molecule has 2 rings (SSSR count). The second-order valence-electron chi connectivity index (χ2n) is 6.76. The van der Waals surface area contributed by atoms with Crippen molar-refractivity contribution in [3.8, 4) is 5.75 Å². The Morgan fingerprint density at radius 2 is 2.08 bits per heavy atom. The van der Waals surface area contributed by atoms with Crippen LogP contribution in [0.1, 0.15) is 51.9 Å². The quantitative estimate of drug-likeness (QED) is 0.658. The number of piperidine rings is 1. The van der Waals surface area contributed by atoms with Gasteiger partial charge in [-0.25, -0.2) is 4.79 Å². The molecule has 1 saturated heterocycles. The lowest BCUT2D eigenvalue weighted by Crippen LogP contribution is -2.40. The summed E-state index contributed by atoms with van der Waals surface area (Å²) in [4.78, 5) is 14.4. The first-order chi connectivity index (χ1) is 12.2. The predicted molar refractivity (Wildman–Crippen MR) is 101 cm³/mol. The van der Waals surface area contributed by atoms with Crippen LogP contribution in [0, 0.1) is 0 Å². The number of hydrogen-bond donors (Lipinski definition) is 1. The first-order valence-electron chi connectivity index (χ1n) is 9.56. The zero-order valence-electron chi connectivity index (χ0n) is 15.6. The summed E-state index contributed by atoms with van der Waals surface area (Å²) in [5, 5.41) is 2.81. The number of ether oxygens (including phenoxy) is 2. The Hall–Kier alpha value is -1.75. The third-order valence-corrected chi connectivity index (χ3v) is 4.71. The standard InChI is InChI=1S/C20H32N2O3/c1-3-4-5-10-15-24-19-13-7-6-12-18(19)21-20(23)25-16-17-11-8-9-14-22(17)2/h6-7,12-13,17H,3-5,8-11,14-16H2,1-2H3,(H,21,23)/t17-/m1/s1. The molecule has 1 heterocycles. The normalized spacial score (nSPS) is 17.9. The van der Waals surface area contributed by atoms with Gasteiger partial charge in [0.15, 0.2) is 0 Å². The van der Waals surface area contributed by atoms with Gasteiger partial charge in [0.25, 0.3) is 0 Å². The molecule has 0 unspecified atom stereocenters. The number of likely N-dealkylation sites (N-methyl/N-ethyl adjacent to an activating group) is 1. The second kappa shape index (κ2) is 11.0. The van der Waals surface area contributed by atoms with Crippen molar-refractivity contribution in [2.24, 2.45) is 0 Å². The highest BCUT2D eigenvalue weighted by Crippen LogP contribution is 2.24. The number of nitrogens with one attached hydrogen (secondary N) is 1.